The van der Waals surface area contributed by atoms with Crippen LogP contribution in [0, 0.1) is 0 Å². The van der Waals surface area contributed by atoms with Gasteiger partial charge in [0.1, 0.15) is 5.75 Å². The summed E-state index contributed by atoms with van der Waals surface area (Å²) in [6.45, 7) is 1.99. The number of nitrogens with zero attached hydrogens (tertiary/aromatic N) is 1. The molecule has 1 aliphatic rings. The summed E-state index contributed by atoms with van der Waals surface area (Å²) < 4.78 is 5.21. The lowest BCUT2D eigenvalue weighted by atomic mass is 10.0. The van der Waals surface area contributed by atoms with Crippen molar-refractivity contribution < 1.29 is 4.74 Å². The molecule has 0 saturated carbocycles. The highest BCUT2D eigenvalue weighted by Gasteiger charge is 2.16. The number of methoxy groups -OCH3 is 1. The third-order valence-electron chi connectivity index (χ3n) is 3.87. The van der Waals surface area contributed by atoms with Crippen LogP contribution in [0.15, 0.2) is 42.5 Å². The van der Waals surface area contributed by atoms with Crippen molar-refractivity contribution >= 4 is 11.4 Å². The van der Waals surface area contributed by atoms with Gasteiger partial charge in [-0.25, -0.2) is 0 Å². The molecule has 0 spiro atoms. The van der Waals surface area contributed by atoms with Crippen LogP contribution in [0.25, 0.3) is 0 Å². The molecular formula is C17H20N2O. The Labute approximate surface area is 120 Å². The van der Waals surface area contributed by atoms with Crippen molar-refractivity contribution in [2.75, 3.05) is 24.3 Å². The van der Waals surface area contributed by atoms with Crippen molar-refractivity contribution in [2.45, 2.75) is 19.4 Å². The Morgan fingerprint density at radius 2 is 2.05 bits per heavy atom. The highest BCUT2D eigenvalue weighted by atomic mass is 16.5. The monoisotopic (exact) mass is 268 g/mol. The quantitative estimate of drug-likeness (QED) is 0.869. The second kappa shape index (κ2) is 5.45. The zero-order valence-electron chi connectivity index (χ0n) is 11.8. The molecule has 0 amide bonds. The zero-order valence-corrected chi connectivity index (χ0v) is 11.8. The Bertz CT molecular complexity index is 610. The lowest BCUT2D eigenvalue weighted by molar-refractivity contribution is 0.417. The summed E-state index contributed by atoms with van der Waals surface area (Å²) in [5.74, 6) is 0.743. The summed E-state index contributed by atoms with van der Waals surface area (Å²) in [5, 5.41) is 0. The van der Waals surface area contributed by atoms with Crippen molar-refractivity contribution in [3.63, 3.8) is 0 Å². The van der Waals surface area contributed by atoms with E-state index in [2.05, 4.69) is 35.2 Å². The lowest BCUT2D eigenvalue weighted by Crippen LogP contribution is -2.28. The first-order valence-corrected chi connectivity index (χ1v) is 7.03. The Hall–Kier alpha value is -2.16. The van der Waals surface area contributed by atoms with Crippen LogP contribution in [0.3, 0.4) is 0 Å². The fourth-order valence-electron chi connectivity index (χ4n) is 2.88. The number of rotatable bonds is 3. The fraction of sp³-hybridized carbons (Fsp3) is 0.294. The second-order valence-corrected chi connectivity index (χ2v) is 5.23. The molecule has 3 rings (SSSR count). The molecule has 3 nitrogen and oxygen atoms in total. The third kappa shape index (κ3) is 2.44. The maximum atomic E-state index is 5.99. The van der Waals surface area contributed by atoms with Gasteiger partial charge < -0.3 is 15.4 Å². The van der Waals surface area contributed by atoms with E-state index < -0.39 is 0 Å². The van der Waals surface area contributed by atoms with Crippen molar-refractivity contribution in [3.05, 3.63) is 53.6 Å². The molecule has 0 aliphatic carbocycles. The van der Waals surface area contributed by atoms with Crippen LogP contribution >= 0.6 is 0 Å². The predicted molar refractivity (Wildman–Crippen MR) is 83.2 cm³/mol. The minimum Gasteiger partial charge on any atom is -0.495 e. The summed E-state index contributed by atoms with van der Waals surface area (Å²) in [6, 6.07) is 14.7. The van der Waals surface area contributed by atoms with Gasteiger partial charge in [0, 0.05) is 18.8 Å². The van der Waals surface area contributed by atoms with Gasteiger partial charge >= 0.3 is 0 Å². The molecule has 0 aromatic heterocycles. The zero-order chi connectivity index (χ0) is 13.9. The number of ether oxygens (including phenoxy) is 1. The van der Waals surface area contributed by atoms with Gasteiger partial charge in [-0.3, -0.25) is 0 Å². The smallest absolute Gasteiger partial charge is 0.141 e. The van der Waals surface area contributed by atoms with Gasteiger partial charge in [0.15, 0.2) is 0 Å². The van der Waals surface area contributed by atoms with Gasteiger partial charge in [-0.1, -0.05) is 24.3 Å². The first kappa shape index (κ1) is 12.9. The van der Waals surface area contributed by atoms with E-state index in [0.717, 1.165) is 18.8 Å². The average molecular weight is 268 g/mol. The number of para-hydroxylation sites is 1. The van der Waals surface area contributed by atoms with Crippen LogP contribution < -0.4 is 15.4 Å². The average Bonchev–Trinajstić information content (AvgIpc) is 2.48. The van der Waals surface area contributed by atoms with Gasteiger partial charge in [0.05, 0.1) is 12.8 Å². The number of hydrogen-bond acceptors (Lipinski definition) is 3. The molecule has 0 saturated heterocycles. The lowest BCUT2D eigenvalue weighted by Gasteiger charge is -2.31. The molecular weight excluding hydrogens is 248 g/mol. The van der Waals surface area contributed by atoms with E-state index in [9.17, 15) is 0 Å². The Kier molecular flexibility index (Phi) is 3.50. The van der Waals surface area contributed by atoms with E-state index in [0.29, 0.717) is 5.69 Å². The second-order valence-electron chi connectivity index (χ2n) is 5.23. The molecule has 1 aliphatic heterocycles. The summed E-state index contributed by atoms with van der Waals surface area (Å²) in [5.41, 5.74) is 10.7. The molecule has 104 valence electrons. The molecule has 0 bridgehead atoms. The van der Waals surface area contributed by atoms with Crippen molar-refractivity contribution in [3.8, 4) is 5.75 Å². The first-order chi connectivity index (χ1) is 9.78. The minimum absolute atomic E-state index is 0.704. The molecule has 0 fully saturated rings. The van der Waals surface area contributed by atoms with Crippen LogP contribution in [-0.2, 0) is 13.0 Å². The third-order valence-corrected chi connectivity index (χ3v) is 3.87. The fourth-order valence-corrected chi connectivity index (χ4v) is 2.88. The molecule has 2 N–H and O–H groups in total. The minimum atomic E-state index is 0.704. The van der Waals surface area contributed by atoms with Crippen LogP contribution in [0.5, 0.6) is 5.75 Å². The number of anilines is 2. The normalized spacial score (nSPS) is 13.9. The highest BCUT2D eigenvalue weighted by molar-refractivity contribution is 5.58. The Morgan fingerprint density at radius 1 is 1.20 bits per heavy atom. The molecule has 3 heteroatoms. The molecule has 20 heavy (non-hydrogen) atoms. The van der Waals surface area contributed by atoms with E-state index in [4.69, 9.17) is 10.5 Å². The Balaban J connectivity index is 1.84. The Morgan fingerprint density at radius 3 is 2.85 bits per heavy atom. The van der Waals surface area contributed by atoms with Crippen LogP contribution in [-0.4, -0.2) is 13.7 Å². The van der Waals surface area contributed by atoms with Crippen molar-refractivity contribution in [2.24, 2.45) is 0 Å². The van der Waals surface area contributed by atoms with E-state index in [1.807, 2.05) is 12.1 Å². The number of hydrogen-bond donors (Lipinski definition) is 1. The van der Waals surface area contributed by atoms with Crippen LogP contribution in [0.4, 0.5) is 11.4 Å². The van der Waals surface area contributed by atoms with E-state index >= 15 is 0 Å². The molecule has 1 heterocycles. The SMILES string of the molecule is COc1ccc(CN2CCCc3ccccc32)cc1N. The maximum absolute atomic E-state index is 5.99. The number of nitrogens with two attached hydrogens (primary N) is 1. The summed E-state index contributed by atoms with van der Waals surface area (Å²) in [7, 11) is 1.65. The largest absolute Gasteiger partial charge is 0.495 e. The maximum Gasteiger partial charge on any atom is 0.141 e. The number of benzene rings is 2. The van der Waals surface area contributed by atoms with Gasteiger partial charge in [0.2, 0.25) is 0 Å². The van der Waals surface area contributed by atoms with Crippen molar-refractivity contribution in [1.82, 2.24) is 0 Å². The van der Waals surface area contributed by atoms with Crippen LogP contribution in [0.2, 0.25) is 0 Å². The molecule has 0 unspecified atom stereocenters. The number of fused-ring (bicyclic) bond motifs is 1. The summed E-state index contributed by atoms with van der Waals surface area (Å²) in [6.07, 6.45) is 2.39. The van der Waals surface area contributed by atoms with Gasteiger partial charge in [-0.15, -0.1) is 0 Å². The number of aryl methyl sites for hydroxylation is 1. The van der Waals surface area contributed by atoms with Gasteiger partial charge in [-0.2, -0.15) is 0 Å². The van der Waals surface area contributed by atoms with E-state index in [1.54, 1.807) is 7.11 Å². The van der Waals surface area contributed by atoms with Crippen molar-refractivity contribution in [1.29, 1.82) is 0 Å². The molecule has 0 radical (unpaired) electrons. The van der Waals surface area contributed by atoms with E-state index in [1.165, 1.54) is 29.7 Å². The molecule has 2 aromatic carbocycles. The van der Waals surface area contributed by atoms with Crippen LogP contribution in [0.1, 0.15) is 17.5 Å². The summed E-state index contributed by atoms with van der Waals surface area (Å²) >= 11 is 0. The summed E-state index contributed by atoms with van der Waals surface area (Å²) in [4.78, 5) is 2.43. The highest BCUT2D eigenvalue weighted by Crippen LogP contribution is 2.29. The van der Waals surface area contributed by atoms with Gasteiger partial charge in [0.25, 0.3) is 0 Å². The van der Waals surface area contributed by atoms with Gasteiger partial charge in [-0.05, 0) is 42.2 Å². The van der Waals surface area contributed by atoms with E-state index in [-0.39, 0.29) is 0 Å². The molecule has 2 aromatic rings. The first-order valence-electron chi connectivity index (χ1n) is 7.03. The number of nitrogen functional groups attached to an aromatic ring is 1. The predicted octanol–water partition coefficient (Wildman–Crippen LogP) is 3.23. The topological polar surface area (TPSA) is 38.5 Å². The molecule has 0 atom stereocenters. The standard InChI is InChI=1S/C17H20N2O/c1-20-17-9-8-13(11-15(17)18)12-19-10-4-6-14-5-2-3-7-16(14)19/h2-3,5,7-9,11H,4,6,10,12,18H2,1H3.